The number of ether oxygens (including phenoxy) is 1. The number of hydrogen-bond acceptors (Lipinski definition) is 5. The first kappa shape index (κ1) is 16.4. The van der Waals surface area contributed by atoms with Crippen LogP contribution in [0.25, 0.3) is 0 Å². The molecule has 120 valence electrons. The summed E-state index contributed by atoms with van der Waals surface area (Å²) in [5, 5.41) is 0. The van der Waals surface area contributed by atoms with Crippen LogP contribution in [0.1, 0.15) is 18.3 Å². The van der Waals surface area contributed by atoms with Gasteiger partial charge in [-0.1, -0.05) is 0 Å². The van der Waals surface area contributed by atoms with Gasteiger partial charge in [-0.3, -0.25) is 0 Å². The number of likely N-dealkylation sites (N-methyl/N-ethyl adjacent to an activating group) is 1. The number of aromatic nitrogens is 2. The second-order valence-electron chi connectivity index (χ2n) is 5.42. The fraction of sp³-hybridized carbons (Fsp3) is 0.769. The number of imidazole rings is 1. The SMILES string of the molecule is CCS(=O)(=O)N1CCn2cnc(COCCN(C)C)c2C1. The molecule has 1 aliphatic heterocycles. The van der Waals surface area contributed by atoms with Gasteiger partial charge in [0.25, 0.3) is 0 Å². The largest absolute Gasteiger partial charge is 0.374 e. The van der Waals surface area contributed by atoms with Gasteiger partial charge in [-0.05, 0) is 21.0 Å². The van der Waals surface area contributed by atoms with E-state index in [2.05, 4.69) is 9.88 Å². The molecule has 0 N–H and O–H groups in total. The molecular formula is C13H24N4O3S. The maximum atomic E-state index is 12.0. The molecule has 0 bridgehead atoms. The fourth-order valence-corrected chi connectivity index (χ4v) is 3.29. The lowest BCUT2D eigenvalue weighted by Crippen LogP contribution is -2.39. The van der Waals surface area contributed by atoms with Crippen molar-refractivity contribution < 1.29 is 13.2 Å². The van der Waals surface area contributed by atoms with Crippen LogP contribution in [0.2, 0.25) is 0 Å². The van der Waals surface area contributed by atoms with Crippen LogP contribution in [0.3, 0.4) is 0 Å². The van der Waals surface area contributed by atoms with Gasteiger partial charge in [0.15, 0.2) is 0 Å². The van der Waals surface area contributed by atoms with Crippen molar-refractivity contribution in [1.82, 2.24) is 18.8 Å². The van der Waals surface area contributed by atoms with Crippen LogP contribution >= 0.6 is 0 Å². The summed E-state index contributed by atoms with van der Waals surface area (Å²) in [7, 11) is 0.840. The van der Waals surface area contributed by atoms with Crippen LogP contribution in [0.5, 0.6) is 0 Å². The van der Waals surface area contributed by atoms with Crippen LogP contribution in [0, 0.1) is 0 Å². The quantitative estimate of drug-likeness (QED) is 0.669. The fourth-order valence-electron chi connectivity index (χ4n) is 2.25. The Hall–Kier alpha value is -0.960. The second kappa shape index (κ2) is 6.87. The summed E-state index contributed by atoms with van der Waals surface area (Å²) in [4.78, 5) is 6.41. The van der Waals surface area contributed by atoms with E-state index in [1.807, 2.05) is 18.7 Å². The summed E-state index contributed by atoms with van der Waals surface area (Å²) in [5.41, 5.74) is 1.79. The molecule has 0 aromatic carbocycles. The lowest BCUT2D eigenvalue weighted by atomic mass is 10.3. The highest BCUT2D eigenvalue weighted by molar-refractivity contribution is 7.89. The molecule has 1 aromatic rings. The lowest BCUT2D eigenvalue weighted by molar-refractivity contribution is 0.102. The van der Waals surface area contributed by atoms with Gasteiger partial charge in [-0.25, -0.2) is 13.4 Å². The molecule has 7 nitrogen and oxygen atoms in total. The first-order valence-electron chi connectivity index (χ1n) is 7.17. The Kier molecular flexibility index (Phi) is 5.37. The Morgan fingerprint density at radius 3 is 2.81 bits per heavy atom. The Balaban J connectivity index is 2.00. The van der Waals surface area contributed by atoms with Crippen LogP contribution in [0.4, 0.5) is 0 Å². The first-order chi connectivity index (χ1) is 9.94. The summed E-state index contributed by atoms with van der Waals surface area (Å²) in [5.74, 6) is 0.135. The summed E-state index contributed by atoms with van der Waals surface area (Å²) in [6.45, 7) is 5.15. The molecule has 0 saturated heterocycles. The van der Waals surface area contributed by atoms with E-state index < -0.39 is 10.0 Å². The maximum Gasteiger partial charge on any atom is 0.214 e. The van der Waals surface area contributed by atoms with E-state index in [-0.39, 0.29) is 5.75 Å². The maximum absolute atomic E-state index is 12.0. The zero-order valence-electron chi connectivity index (χ0n) is 12.9. The normalized spacial score (nSPS) is 16.4. The van der Waals surface area contributed by atoms with Crippen molar-refractivity contribution in [2.24, 2.45) is 0 Å². The Labute approximate surface area is 126 Å². The molecule has 8 heteroatoms. The number of hydrogen-bond donors (Lipinski definition) is 0. The minimum absolute atomic E-state index is 0.135. The molecule has 0 aliphatic carbocycles. The van der Waals surface area contributed by atoms with Gasteiger partial charge >= 0.3 is 0 Å². The molecule has 0 spiro atoms. The summed E-state index contributed by atoms with van der Waals surface area (Å²) in [6.07, 6.45) is 1.77. The first-order valence-corrected chi connectivity index (χ1v) is 8.78. The van der Waals surface area contributed by atoms with Gasteiger partial charge in [-0.15, -0.1) is 0 Å². The number of sulfonamides is 1. The van der Waals surface area contributed by atoms with Gasteiger partial charge in [0.05, 0.1) is 43.2 Å². The Morgan fingerprint density at radius 2 is 2.14 bits per heavy atom. The molecule has 0 radical (unpaired) electrons. The van der Waals surface area contributed by atoms with Gasteiger partial charge in [0.1, 0.15) is 0 Å². The highest BCUT2D eigenvalue weighted by atomic mass is 32.2. The topological polar surface area (TPSA) is 67.7 Å². The van der Waals surface area contributed by atoms with Gasteiger partial charge in [-0.2, -0.15) is 4.31 Å². The molecule has 0 amide bonds. The van der Waals surface area contributed by atoms with E-state index in [1.165, 1.54) is 4.31 Å². The van der Waals surface area contributed by atoms with Crippen molar-refractivity contribution in [3.63, 3.8) is 0 Å². The van der Waals surface area contributed by atoms with E-state index in [9.17, 15) is 8.42 Å². The van der Waals surface area contributed by atoms with E-state index >= 15 is 0 Å². The van der Waals surface area contributed by atoms with Crippen LogP contribution < -0.4 is 0 Å². The van der Waals surface area contributed by atoms with E-state index in [0.29, 0.717) is 32.8 Å². The molecule has 2 heterocycles. The molecule has 1 aliphatic rings. The summed E-state index contributed by atoms with van der Waals surface area (Å²) >= 11 is 0. The molecule has 0 saturated carbocycles. The van der Waals surface area contributed by atoms with Gasteiger partial charge in [0.2, 0.25) is 10.0 Å². The molecular weight excluding hydrogens is 292 g/mol. The molecule has 2 rings (SSSR count). The van der Waals surface area contributed by atoms with Crippen molar-refractivity contribution in [3.05, 3.63) is 17.7 Å². The van der Waals surface area contributed by atoms with Crippen LogP contribution in [-0.4, -0.2) is 66.7 Å². The van der Waals surface area contributed by atoms with Crippen LogP contribution in [0.15, 0.2) is 6.33 Å². The minimum atomic E-state index is -3.15. The third-order valence-corrected chi connectivity index (χ3v) is 5.46. The van der Waals surface area contributed by atoms with Gasteiger partial charge in [0, 0.05) is 19.6 Å². The van der Waals surface area contributed by atoms with Crippen molar-refractivity contribution >= 4 is 10.0 Å². The predicted molar refractivity (Wildman–Crippen MR) is 80.3 cm³/mol. The number of fused-ring (bicyclic) bond motifs is 1. The van der Waals surface area contributed by atoms with Crippen molar-refractivity contribution in [2.45, 2.75) is 26.6 Å². The predicted octanol–water partition coefficient (Wildman–Crippen LogP) is 0.127. The van der Waals surface area contributed by atoms with E-state index in [4.69, 9.17) is 4.74 Å². The standard InChI is InChI=1S/C13H24N4O3S/c1-4-21(18,19)17-6-5-16-11-14-12(13(16)9-17)10-20-8-7-15(2)3/h11H,4-10H2,1-3H3. The molecule has 0 unspecified atom stereocenters. The minimum Gasteiger partial charge on any atom is -0.374 e. The molecule has 0 fully saturated rings. The summed E-state index contributed by atoms with van der Waals surface area (Å²) < 4.78 is 33.2. The zero-order valence-corrected chi connectivity index (χ0v) is 13.8. The highest BCUT2D eigenvalue weighted by Crippen LogP contribution is 2.19. The molecule has 1 aromatic heterocycles. The van der Waals surface area contributed by atoms with Gasteiger partial charge < -0.3 is 14.2 Å². The Morgan fingerprint density at radius 1 is 1.38 bits per heavy atom. The number of rotatable bonds is 7. The van der Waals surface area contributed by atoms with E-state index in [0.717, 1.165) is 17.9 Å². The molecule has 0 atom stereocenters. The van der Waals surface area contributed by atoms with Crippen molar-refractivity contribution in [1.29, 1.82) is 0 Å². The third-order valence-electron chi connectivity index (χ3n) is 3.63. The summed E-state index contributed by atoms with van der Waals surface area (Å²) in [6, 6.07) is 0. The van der Waals surface area contributed by atoms with E-state index in [1.54, 1.807) is 13.3 Å². The third kappa shape index (κ3) is 4.03. The smallest absolute Gasteiger partial charge is 0.214 e. The zero-order chi connectivity index (χ0) is 15.5. The Bertz CT molecular complexity index is 568. The van der Waals surface area contributed by atoms with Crippen LogP contribution in [-0.2, 0) is 34.5 Å². The highest BCUT2D eigenvalue weighted by Gasteiger charge is 2.27. The average molecular weight is 316 g/mol. The monoisotopic (exact) mass is 316 g/mol. The molecule has 21 heavy (non-hydrogen) atoms. The lowest BCUT2D eigenvalue weighted by Gasteiger charge is -2.27. The second-order valence-corrected chi connectivity index (χ2v) is 7.68. The average Bonchev–Trinajstić information content (AvgIpc) is 2.85. The number of nitrogens with zero attached hydrogens (tertiary/aromatic N) is 4. The van der Waals surface area contributed by atoms with Crippen molar-refractivity contribution in [3.8, 4) is 0 Å². The van der Waals surface area contributed by atoms with Crippen molar-refractivity contribution in [2.75, 3.05) is 39.5 Å².